The van der Waals surface area contributed by atoms with E-state index in [-0.39, 0.29) is 0 Å². The van der Waals surface area contributed by atoms with Gasteiger partial charge in [-0.05, 0) is 63.6 Å². The van der Waals surface area contributed by atoms with Crippen molar-refractivity contribution in [3.05, 3.63) is 107 Å². The van der Waals surface area contributed by atoms with E-state index in [4.69, 9.17) is 9.47 Å². The Hall–Kier alpha value is -3.48. The third-order valence-corrected chi connectivity index (χ3v) is 5.26. The molecule has 34 heavy (non-hydrogen) atoms. The number of likely N-dealkylation sites (N-methyl/N-ethyl adjacent to an activating group) is 2. The van der Waals surface area contributed by atoms with Gasteiger partial charge in [-0.3, -0.25) is 0 Å². The van der Waals surface area contributed by atoms with Crippen LogP contribution in [-0.2, 0) is 9.47 Å². The summed E-state index contributed by atoms with van der Waals surface area (Å²) in [5.74, 6) is -0.879. The highest BCUT2D eigenvalue weighted by Gasteiger charge is 2.21. The average molecular weight is 461 g/mol. The fourth-order valence-electron chi connectivity index (χ4n) is 3.56. The molecule has 0 aliphatic rings. The molecule has 0 aromatic heterocycles. The van der Waals surface area contributed by atoms with Crippen LogP contribution in [0.5, 0.6) is 0 Å². The minimum atomic E-state index is -0.439. The lowest BCUT2D eigenvalue weighted by Gasteiger charge is -2.22. The number of hydrogen-bond donors (Lipinski definition) is 0. The molecule has 0 aliphatic heterocycles. The molecular weight excluding hydrogens is 428 g/mol. The fourth-order valence-corrected chi connectivity index (χ4v) is 3.56. The number of carbonyl (C=O) groups excluding carboxylic acids is 2. The number of carbonyl (C=O) groups is 2. The second-order valence-corrected chi connectivity index (χ2v) is 8.71. The van der Waals surface area contributed by atoms with Gasteiger partial charge in [-0.25, -0.2) is 9.59 Å². The summed E-state index contributed by atoms with van der Waals surface area (Å²) in [6, 6.07) is 25.7. The first-order valence-corrected chi connectivity index (χ1v) is 11.2. The Labute approximate surface area is 201 Å². The van der Waals surface area contributed by atoms with E-state index in [1.54, 1.807) is 24.3 Å². The van der Waals surface area contributed by atoms with Crippen LogP contribution >= 0.6 is 0 Å². The molecule has 3 rings (SSSR count). The minimum Gasteiger partial charge on any atom is -0.453 e. The van der Waals surface area contributed by atoms with Crippen molar-refractivity contribution in [3.8, 4) is 0 Å². The molecule has 0 aliphatic carbocycles. The van der Waals surface area contributed by atoms with Crippen molar-refractivity contribution >= 4 is 11.9 Å². The van der Waals surface area contributed by atoms with Crippen LogP contribution in [0.3, 0.4) is 0 Å². The molecular formula is C28H32N2O4. The quantitative estimate of drug-likeness (QED) is 0.412. The smallest absolute Gasteiger partial charge is 0.338 e. The first-order valence-electron chi connectivity index (χ1n) is 11.2. The first kappa shape index (κ1) is 25.1. The molecule has 0 amide bonds. The Bertz CT molecular complexity index is 964. The number of ether oxygens (including phenoxy) is 2. The van der Waals surface area contributed by atoms with Gasteiger partial charge in [0.15, 0.2) is 0 Å². The highest BCUT2D eigenvalue weighted by molar-refractivity contribution is 5.93. The molecule has 2 atom stereocenters. The molecule has 0 fully saturated rings. The molecule has 0 heterocycles. The maximum Gasteiger partial charge on any atom is 0.338 e. The Balaban J connectivity index is 1.69. The molecule has 0 saturated carbocycles. The van der Waals surface area contributed by atoms with Crippen molar-refractivity contribution in [2.24, 2.45) is 0 Å². The van der Waals surface area contributed by atoms with Gasteiger partial charge in [-0.15, -0.1) is 0 Å². The highest BCUT2D eigenvalue weighted by atomic mass is 16.5. The van der Waals surface area contributed by atoms with Gasteiger partial charge in [-0.2, -0.15) is 0 Å². The van der Waals surface area contributed by atoms with Gasteiger partial charge in [0.05, 0.1) is 11.1 Å². The lowest BCUT2D eigenvalue weighted by molar-refractivity contribution is 0.0222. The summed E-state index contributed by atoms with van der Waals surface area (Å²) < 4.78 is 11.6. The van der Waals surface area contributed by atoms with Gasteiger partial charge in [0.25, 0.3) is 0 Å². The van der Waals surface area contributed by atoms with Crippen LogP contribution in [0.15, 0.2) is 84.9 Å². The Morgan fingerprint density at radius 2 is 0.912 bits per heavy atom. The summed E-state index contributed by atoms with van der Waals surface area (Å²) in [7, 11) is 7.73. The van der Waals surface area contributed by atoms with E-state index in [1.165, 1.54) is 0 Å². The van der Waals surface area contributed by atoms with Crippen LogP contribution in [-0.4, -0.2) is 63.0 Å². The fraction of sp³-hybridized carbons (Fsp3) is 0.286. The monoisotopic (exact) mass is 460 g/mol. The standard InChI is InChI=1S/C28H32N2O4/c1-29(2)19-25(21-11-7-5-8-12-21)33-27(31)23-15-17-24(18-16-23)28(32)34-26(20-30(3)4)22-13-9-6-10-14-22/h5-18,25-26H,19-20H2,1-4H3. The van der Waals surface area contributed by atoms with Gasteiger partial charge in [-0.1, -0.05) is 60.7 Å². The van der Waals surface area contributed by atoms with E-state index in [2.05, 4.69) is 0 Å². The number of hydrogen-bond acceptors (Lipinski definition) is 6. The summed E-state index contributed by atoms with van der Waals surface area (Å²) in [6.07, 6.45) is -0.794. The van der Waals surface area contributed by atoms with E-state index in [0.29, 0.717) is 24.2 Å². The molecule has 0 bridgehead atoms. The molecule has 0 saturated heterocycles. The van der Waals surface area contributed by atoms with Gasteiger partial charge in [0.1, 0.15) is 12.2 Å². The summed E-state index contributed by atoms with van der Waals surface area (Å²) in [4.78, 5) is 29.6. The van der Waals surface area contributed by atoms with Crippen LogP contribution < -0.4 is 0 Å². The maximum absolute atomic E-state index is 12.8. The van der Waals surface area contributed by atoms with Gasteiger partial charge in [0, 0.05) is 13.1 Å². The third-order valence-electron chi connectivity index (χ3n) is 5.26. The van der Waals surface area contributed by atoms with Crippen LogP contribution in [0.25, 0.3) is 0 Å². The zero-order chi connectivity index (χ0) is 24.5. The largest absolute Gasteiger partial charge is 0.453 e. The van der Waals surface area contributed by atoms with Crippen molar-refractivity contribution in [2.75, 3.05) is 41.3 Å². The number of nitrogens with zero attached hydrogens (tertiary/aromatic N) is 2. The predicted octanol–water partition coefficient (Wildman–Crippen LogP) is 4.61. The predicted molar refractivity (Wildman–Crippen MR) is 133 cm³/mol. The normalized spacial score (nSPS) is 12.9. The van der Waals surface area contributed by atoms with Crippen LogP contribution in [0.4, 0.5) is 0 Å². The van der Waals surface area contributed by atoms with E-state index in [0.717, 1.165) is 11.1 Å². The van der Waals surface area contributed by atoms with E-state index in [9.17, 15) is 9.59 Å². The Morgan fingerprint density at radius 3 is 1.21 bits per heavy atom. The second kappa shape index (κ2) is 12.1. The number of esters is 2. The van der Waals surface area contributed by atoms with E-state index < -0.39 is 24.1 Å². The first-order chi connectivity index (χ1) is 16.3. The van der Waals surface area contributed by atoms with Crippen molar-refractivity contribution < 1.29 is 19.1 Å². The topological polar surface area (TPSA) is 59.1 Å². The van der Waals surface area contributed by atoms with Gasteiger partial charge in [0.2, 0.25) is 0 Å². The summed E-state index contributed by atoms with van der Waals surface area (Å²) in [6.45, 7) is 1.12. The molecule has 0 spiro atoms. The zero-order valence-electron chi connectivity index (χ0n) is 20.2. The molecule has 6 heteroatoms. The van der Waals surface area contributed by atoms with Crippen molar-refractivity contribution in [2.45, 2.75) is 12.2 Å². The lowest BCUT2D eigenvalue weighted by Crippen LogP contribution is -2.25. The maximum atomic E-state index is 12.8. The van der Waals surface area contributed by atoms with E-state index >= 15 is 0 Å². The number of rotatable bonds is 10. The summed E-state index contributed by atoms with van der Waals surface area (Å²) in [5.41, 5.74) is 2.61. The molecule has 0 N–H and O–H groups in total. The number of benzene rings is 3. The van der Waals surface area contributed by atoms with Crippen LogP contribution in [0, 0.1) is 0 Å². The average Bonchev–Trinajstić information content (AvgIpc) is 2.84. The Kier molecular flexibility index (Phi) is 8.96. The van der Waals surface area contributed by atoms with E-state index in [1.807, 2.05) is 98.7 Å². The van der Waals surface area contributed by atoms with Crippen molar-refractivity contribution in [1.29, 1.82) is 0 Å². The highest BCUT2D eigenvalue weighted by Crippen LogP contribution is 2.22. The van der Waals surface area contributed by atoms with Gasteiger partial charge < -0.3 is 19.3 Å². The molecule has 178 valence electrons. The zero-order valence-corrected chi connectivity index (χ0v) is 20.2. The van der Waals surface area contributed by atoms with Crippen LogP contribution in [0.1, 0.15) is 44.1 Å². The molecule has 6 nitrogen and oxygen atoms in total. The van der Waals surface area contributed by atoms with Gasteiger partial charge >= 0.3 is 11.9 Å². The second-order valence-electron chi connectivity index (χ2n) is 8.71. The molecule has 2 unspecified atom stereocenters. The molecule has 0 radical (unpaired) electrons. The summed E-state index contributed by atoms with van der Waals surface area (Å²) >= 11 is 0. The molecule has 3 aromatic rings. The minimum absolute atomic E-state index is 0.379. The summed E-state index contributed by atoms with van der Waals surface area (Å²) in [5, 5.41) is 0. The third kappa shape index (κ3) is 7.27. The van der Waals surface area contributed by atoms with Crippen molar-refractivity contribution in [3.63, 3.8) is 0 Å². The lowest BCUT2D eigenvalue weighted by atomic mass is 10.1. The van der Waals surface area contributed by atoms with Crippen LogP contribution in [0.2, 0.25) is 0 Å². The van der Waals surface area contributed by atoms with Crippen molar-refractivity contribution in [1.82, 2.24) is 9.80 Å². The Morgan fingerprint density at radius 1 is 0.588 bits per heavy atom. The SMILES string of the molecule is CN(C)CC(OC(=O)c1ccc(C(=O)OC(CN(C)C)c2ccccc2)cc1)c1ccccc1. The molecule has 3 aromatic carbocycles.